The van der Waals surface area contributed by atoms with E-state index in [2.05, 4.69) is 10.3 Å². The Labute approximate surface area is 185 Å². The number of sulfonamides is 1. The van der Waals surface area contributed by atoms with Crippen molar-refractivity contribution in [2.75, 3.05) is 25.5 Å². The number of ether oxygens (including phenoxy) is 1. The molecule has 1 N–H and O–H groups in total. The molecule has 1 aliphatic rings. The molecular formula is C22H23N3O4S2. The van der Waals surface area contributed by atoms with Gasteiger partial charge in [-0.3, -0.25) is 10.1 Å². The lowest BCUT2D eigenvalue weighted by molar-refractivity contribution is 0.0979. The van der Waals surface area contributed by atoms with Gasteiger partial charge in [0.1, 0.15) is 0 Å². The molecule has 0 spiro atoms. The van der Waals surface area contributed by atoms with Crippen LogP contribution in [-0.2, 0) is 14.8 Å². The van der Waals surface area contributed by atoms with Crippen molar-refractivity contribution in [2.24, 2.45) is 0 Å². The minimum atomic E-state index is -3.64. The lowest BCUT2D eigenvalue weighted by atomic mass is 10.2. The maximum atomic E-state index is 12.8. The molecule has 1 fully saturated rings. The normalized spacial score (nSPS) is 16.5. The van der Waals surface area contributed by atoms with Crippen molar-refractivity contribution in [3.05, 3.63) is 65.5 Å². The van der Waals surface area contributed by atoms with Crippen molar-refractivity contribution in [1.82, 2.24) is 9.29 Å². The number of aromatic nitrogens is 1. The summed E-state index contributed by atoms with van der Waals surface area (Å²) in [6.07, 6.45) is 1.75. The van der Waals surface area contributed by atoms with Gasteiger partial charge in [-0.2, -0.15) is 4.31 Å². The van der Waals surface area contributed by atoms with Crippen molar-refractivity contribution in [1.29, 1.82) is 0 Å². The predicted molar refractivity (Wildman–Crippen MR) is 121 cm³/mol. The average molecular weight is 458 g/mol. The second-order valence-electron chi connectivity index (χ2n) is 7.30. The third-order valence-corrected chi connectivity index (χ3v) is 7.70. The summed E-state index contributed by atoms with van der Waals surface area (Å²) in [5.41, 5.74) is 2.12. The van der Waals surface area contributed by atoms with E-state index >= 15 is 0 Å². The van der Waals surface area contributed by atoms with E-state index in [-0.39, 0.29) is 16.9 Å². The zero-order valence-electron chi connectivity index (χ0n) is 17.0. The first-order chi connectivity index (χ1) is 14.9. The fourth-order valence-electron chi connectivity index (χ4n) is 3.37. The maximum Gasteiger partial charge on any atom is 0.257 e. The Hall–Kier alpha value is -2.59. The largest absolute Gasteiger partial charge is 0.377 e. The highest BCUT2D eigenvalue weighted by Crippen LogP contribution is 2.25. The van der Waals surface area contributed by atoms with Gasteiger partial charge >= 0.3 is 0 Å². The summed E-state index contributed by atoms with van der Waals surface area (Å²) >= 11 is 1.34. The van der Waals surface area contributed by atoms with Crippen LogP contribution in [0.4, 0.5) is 5.13 Å². The number of hydrogen-bond donors (Lipinski definition) is 1. The minimum Gasteiger partial charge on any atom is -0.377 e. The maximum absolute atomic E-state index is 12.8. The molecule has 1 atom stereocenters. The number of thiazole rings is 1. The fraction of sp³-hybridized carbons (Fsp3) is 0.273. The van der Waals surface area contributed by atoms with Crippen LogP contribution in [0.3, 0.4) is 0 Å². The van der Waals surface area contributed by atoms with Crippen LogP contribution in [0.15, 0.2) is 64.9 Å². The standard InChI is InChI=1S/C22H23N3O4S2/c1-25(14-18-8-5-13-29-18)31(27,28)19-11-9-17(10-12-19)21(26)24-22-23-20(15-30-22)16-6-3-2-4-7-16/h2-4,6-7,9-12,15,18H,5,8,13-14H2,1H3,(H,23,24,26)/t18-/m0/s1. The zero-order chi connectivity index (χ0) is 21.8. The Balaban J connectivity index is 1.41. The first-order valence-corrected chi connectivity index (χ1v) is 12.3. The SMILES string of the molecule is CN(C[C@@H]1CCCO1)S(=O)(=O)c1ccc(C(=O)Nc2nc(-c3ccccc3)cs2)cc1. The highest BCUT2D eigenvalue weighted by Gasteiger charge is 2.26. The van der Waals surface area contributed by atoms with Gasteiger partial charge in [-0.25, -0.2) is 13.4 Å². The molecule has 1 aliphatic heterocycles. The van der Waals surface area contributed by atoms with Crippen LogP contribution in [0.1, 0.15) is 23.2 Å². The molecule has 1 amide bonds. The molecule has 0 radical (unpaired) electrons. The van der Waals surface area contributed by atoms with Gasteiger partial charge in [-0.05, 0) is 37.1 Å². The van der Waals surface area contributed by atoms with E-state index in [1.54, 1.807) is 7.05 Å². The number of carbonyl (C=O) groups is 1. The van der Waals surface area contributed by atoms with Crippen LogP contribution in [-0.4, -0.2) is 49.9 Å². The highest BCUT2D eigenvalue weighted by molar-refractivity contribution is 7.89. The van der Waals surface area contributed by atoms with Crippen molar-refractivity contribution in [3.63, 3.8) is 0 Å². The number of nitrogens with one attached hydrogen (secondary N) is 1. The summed E-state index contributed by atoms with van der Waals surface area (Å²) in [4.78, 5) is 17.2. The molecule has 1 saturated heterocycles. The molecule has 9 heteroatoms. The van der Waals surface area contributed by atoms with Crippen LogP contribution in [0, 0.1) is 0 Å². The molecule has 31 heavy (non-hydrogen) atoms. The fourth-order valence-corrected chi connectivity index (χ4v) is 5.29. The van der Waals surface area contributed by atoms with E-state index in [9.17, 15) is 13.2 Å². The number of hydrogen-bond acceptors (Lipinski definition) is 6. The number of likely N-dealkylation sites (N-methyl/N-ethyl adjacent to an activating group) is 1. The lowest BCUT2D eigenvalue weighted by Crippen LogP contribution is -2.34. The van der Waals surface area contributed by atoms with Crippen molar-refractivity contribution in [3.8, 4) is 11.3 Å². The Morgan fingerprint density at radius 3 is 2.61 bits per heavy atom. The molecule has 4 rings (SSSR count). The Bertz CT molecular complexity index is 1140. The number of carbonyl (C=O) groups excluding carboxylic acids is 1. The summed E-state index contributed by atoms with van der Waals surface area (Å²) in [6, 6.07) is 15.6. The zero-order valence-corrected chi connectivity index (χ0v) is 18.7. The van der Waals surface area contributed by atoms with Gasteiger partial charge in [0, 0.05) is 36.7 Å². The molecule has 0 saturated carbocycles. The third-order valence-electron chi connectivity index (χ3n) is 5.10. The summed E-state index contributed by atoms with van der Waals surface area (Å²) in [7, 11) is -2.10. The molecule has 0 aliphatic carbocycles. The number of anilines is 1. The average Bonchev–Trinajstić information content (AvgIpc) is 3.46. The number of nitrogens with zero attached hydrogens (tertiary/aromatic N) is 2. The van der Waals surface area contributed by atoms with Gasteiger partial charge in [0.05, 0.1) is 16.7 Å². The van der Waals surface area contributed by atoms with Crippen molar-refractivity contribution < 1.29 is 17.9 Å². The van der Waals surface area contributed by atoms with Crippen LogP contribution < -0.4 is 5.32 Å². The van der Waals surface area contributed by atoms with Crippen LogP contribution >= 0.6 is 11.3 Å². The second-order valence-corrected chi connectivity index (χ2v) is 10.2. The molecule has 0 unspecified atom stereocenters. The number of rotatable bonds is 7. The predicted octanol–water partition coefficient (Wildman–Crippen LogP) is 3.86. The molecule has 0 bridgehead atoms. The molecule has 2 heterocycles. The lowest BCUT2D eigenvalue weighted by Gasteiger charge is -2.20. The first kappa shape index (κ1) is 21.6. The minimum absolute atomic E-state index is 0.0658. The van der Waals surface area contributed by atoms with E-state index in [1.807, 2.05) is 35.7 Å². The van der Waals surface area contributed by atoms with E-state index in [0.29, 0.717) is 23.8 Å². The topological polar surface area (TPSA) is 88.6 Å². The highest BCUT2D eigenvalue weighted by atomic mass is 32.2. The van der Waals surface area contributed by atoms with Crippen LogP contribution in [0.2, 0.25) is 0 Å². The Kier molecular flexibility index (Phi) is 6.47. The van der Waals surface area contributed by atoms with Crippen LogP contribution in [0.25, 0.3) is 11.3 Å². The molecular weight excluding hydrogens is 434 g/mol. The number of amides is 1. The van der Waals surface area contributed by atoms with E-state index < -0.39 is 10.0 Å². The second kappa shape index (κ2) is 9.27. The summed E-state index contributed by atoms with van der Waals surface area (Å²) in [5.74, 6) is -0.342. The van der Waals surface area contributed by atoms with Gasteiger partial charge < -0.3 is 4.74 Å². The molecule has 162 valence electrons. The number of benzene rings is 2. The summed E-state index contributed by atoms with van der Waals surface area (Å²) in [6.45, 7) is 0.993. The Morgan fingerprint density at radius 1 is 1.19 bits per heavy atom. The third kappa shape index (κ3) is 5.01. The summed E-state index contributed by atoms with van der Waals surface area (Å²) in [5, 5.41) is 5.13. The molecule has 3 aromatic rings. The molecule has 7 nitrogen and oxygen atoms in total. The van der Waals surface area contributed by atoms with Gasteiger partial charge in [0.15, 0.2) is 5.13 Å². The van der Waals surface area contributed by atoms with Gasteiger partial charge in [-0.1, -0.05) is 30.3 Å². The Morgan fingerprint density at radius 2 is 1.94 bits per heavy atom. The van der Waals surface area contributed by atoms with E-state index in [4.69, 9.17) is 4.74 Å². The molecule has 1 aromatic heterocycles. The van der Waals surface area contributed by atoms with Crippen LogP contribution in [0.5, 0.6) is 0 Å². The van der Waals surface area contributed by atoms with Crippen molar-refractivity contribution >= 4 is 32.4 Å². The van der Waals surface area contributed by atoms with E-state index in [0.717, 1.165) is 24.1 Å². The van der Waals surface area contributed by atoms with E-state index in [1.165, 1.54) is 39.9 Å². The van der Waals surface area contributed by atoms with Crippen molar-refractivity contribution in [2.45, 2.75) is 23.8 Å². The molecule has 2 aromatic carbocycles. The first-order valence-electron chi connectivity index (χ1n) is 9.94. The van der Waals surface area contributed by atoms with Gasteiger partial charge in [-0.15, -0.1) is 11.3 Å². The van der Waals surface area contributed by atoms with Gasteiger partial charge in [0.2, 0.25) is 10.0 Å². The monoisotopic (exact) mass is 457 g/mol. The summed E-state index contributed by atoms with van der Waals surface area (Å²) < 4.78 is 32.4. The van der Waals surface area contributed by atoms with Gasteiger partial charge in [0.25, 0.3) is 5.91 Å². The quantitative estimate of drug-likeness (QED) is 0.582. The smallest absolute Gasteiger partial charge is 0.257 e.